The molecule has 11 heavy (non-hydrogen) atoms. The van der Waals surface area contributed by atoms with Crippen LogP contribution in [-0.4, -0.2) is 7.11 Å². The second kappa shape index (κ2) is 3.66. The van der Waals surface area contributed by atoms with Crippen molar-refractivity contribution < 1.29 is 10.9 Å². The third-order valence-electron chi connectivity index (χ3n) is 1.23. The molecule has 60 valence electrons. The molecule has 0 aliphatic heterocycles. The van der Waals surface area contributed by atoms with Gasteiger partial charge in [-0.2, -0.15) is 0 Å². The smallest absolute Gasteiger partial charge is 0.340 e. The van der Waals surface area contributed by atoms with Crippen molar-refractivity contribution in [2.45, 2.75) is 0 Å². The molecule has 3 nitrogen and oxygen atoms in total. The molecule has 0 saturated carbocycles. The lowest BCUT2D eigenvalue weighted by molar-refractivity contribution is 0.414. The maximum Gasteiger partial charge on any atom is 0.340 e. The molecule has 0 atom stereocenters. The van der Waals surface area contributed by atoms with Crippen molar-refractivity contribution in [3.8, 4) is 5.75 Å². The maximum atomic E-state index is 10.5. The fraction of sp³-hybridized carbons (Fsp3) is 0.143. The van der Waals surface area contributed by atoms with E-state index in [1.807, 2.05) is 0 Å². The van der Waals surface area contributed by atoms with Gasteiger partial charge < -0.3 is 4.74 Å². The Morgan fingerprint density at radius 2 is 1.73 bits per heavy atom. The minimum atomic E-state index is -3.27. The standard InChI is InChI=1S/C7H7IO3/c1-11-7-4-2-6(3-5-7)8(9)10/h2-5H,1H3. The number of hydrogen-bond acceptors (Lipinski definition) is 3. The van der Waals surface area contributed by atoms with E-state index in [2.05, 4.69) is 0 Å². The van der Waals surface area contributed by atoms with Gasteiger partial charge in [-0.3, -0.25) is 0 Å². The quantitative estimate of drug-likeness (QED) is 0.769. The average Bonchev–Trinajstić information content (AvgIpc) is 2.05. The highest BCUT2D eigenvalue weighted by Crippen LogP contribution is 2.19. The summed E-state index contributed by atoms with van der Waals surface area (Å²) in [6.07, 6.45) is 0. The van der Waals surface area contributed by atoms with E-state index in [1.165, 1.54) is 0 Å². The monoisotopic (exact) mass is 266 g/mol. The van der Waals surface area contributed by atoms with Crippen molar-refractivity contribution in [1.29, 1.82) is 0 Å². The molecule has 0 N–H and O–H groups in total. The predicted octanol–water partition coefficient (Wildman–Crippen LogP) is 2.06. The molecule has 0 fully saturated rings. The molecule has 0 unspecified atom stereocenters. The first kappa shape index (κ1) is 8.45. The second-order valence-corrected chi connectivity index (χ2v) is 4.36. The summed E-state index contributed by atoms with van der Waals surface area (Å²) >= 11 is -3.27. The first-order valence-electron chi connectivity index (χ1n) is 2.93. The van der Waals surface area contributed by atoms with Gasteiger partial charge in [0.25, 0.3) is 0 Å². The first-order valence-corrected chi connectivity index (χ1v) is 5.77. The summed E-state index contributed by atoms with van der Waals surface area (Å²) in [5, 5.41) is 0. The van der Waals surface area contributed by atoms with E-state index >= 15 is 0 Å². The Kier molecular flexibility index (Phi) is 2.81. The lowest BCUT2D eigenvalue weighted by Gasteiger charge is -1.96. The topological polar surface area (TPSA) is 43.4 Å². The van der Waals surface area contributed by atoms with Crippen molar-refractivity contribution >= 4 is 19.8 Å². The molecule has 1 aromatic rings. The van der Waals surface area contributed by atoms with Gasteiger partial charge in [0.05, 0.1) is 10.7 Å². The molecule has 4 heteroatoms. The third-order valence-corrected chi connectivity index (χ3v) is 2.96. The van der Waals surface area contributed by atoms with Crippen LogP contribution < -0.4 is 4.74 Å². The number of ether oxygens (including phenoxy) is 1. The van der Waals surface area contributed by atoms with Gasteiger partial charge in [-0.05, 0) is 24.3 Å². The molecule has 0 aromatic heterocycles. The molecular weight excluding hydrogens is 259 g/mol. The Morgan fingerprint density at radius 1 is 1.18 bits per heavy atom. The molecule has 0 saturated heterocycles. The van der Waals surface area contributed by atoms with Gasteiger partial charge in [0.1, 0.15) is 5.75 Å². The Labute approximate surface area is 71.5 Å². The van der Waals surface area contributed by atoms with Crippen LogP contribution in [0.15, 0.2) is 24.3 Å². The van der Waals surface area contributed by atoms with E-state index < -0.39 is 19.8 Å². The predicted molar refractivity (Wildman–Crippen MR) is 47.1 cm³/mol. The molecule has 0 heterocycles. The molecule has 0 bridgehead atoms. The summed E-state index contributed by atoms with van der Waals surface area (Å²) in [6, 6.07) is 6.36. The van der Waals surface area contributed by atoms with Crippen LogP contribution in [0.2, 0.25) is 0 Å². The third kappa shape index (κ3) is 2.14. The van der Waals surface area contributed by atoms with E-state index in [4.69, 9.17) is 4.74 Å². The zero-order valence-electron chi connectivity index (χ0n) is 5.91. The Bertz CT molecular complexity index is 292. The molecule has 1 rings (SSSR count). The van der Waals surface area contributed by atoms with Crippen molar-refractivity contribution in [2.75, 3.05) is 7.11 Å². The molecule has 0 amide bonds. The fourth-order valence-electron chi connectivity index (χ4n) is 0.674. The largest absolute Gasteiger partial charge is 0.497 e. The van der Waals surface area contributed by atoms with Crippen LogP contribution in [0.1, 0.15) is 0 Å². The highest BCUT2D eigenvalue weighted by atomic mass is 127. The van der Waals surface area contributed by atoms with Crippen LogP contribution >= 0.6 is 19.8 Å². The summed E-state index contributed by atoms with van der Waals surface area (Å²) in [6.45, 7) is 0. The van der Waals surface area contributed by atoms with Crippen molar-refractivity contribution in [3.63, 3.8) is 0 Å². The second-order valence-electron chi connectivity index (χ2n) is 1.88. The van der Waals surface area contributed by atoms with Crippen LogP contribution in [-0.2, 0) is 6.14 Å². The summed E-state index contributed by atoms with van der Waals surface area (Å²) < 4.78 is 26.2. The van der Waals surface area contributed by atoms with Gasteiger partial charge >= 0.3 is 19.8 Å². The molecule has 1 aromatic carbocycles. The van der Waals surface area contributed by atoms with E-state index in [9.17, 15) is 6.14 Å². The van der Waals surface area contributed by atoms with Crippen LogP contribution in [0.25, 0.3) is 0 Å². The zero-order chi connectivity index (χ0) is 8.27. The van der Waals surface area contributed by atoms with Gasteiger partial charge in [0.15, 0.2) is 0 Å². The number of hydrogen-bond donors (Lipinski definition) is 0. The van der Waals surface area contributed by atoms with Crippen LogP contribution in [0, 0.1) is 3.57 Å². The highest BCUT2D eigenvalue weighted by Gasteiger charge is 1.96. The lowest BCUT2D eigenvalue weighted by Crippen LogP contribution is -1.81. The van der Waals surface area contributed by atoms with Gasteiger partial charge in [0.2, 0.25) is 0 Å². The van der Waals surface area contributed by atoms with E-state index in [0.717, 1.165) is 0 Å². The minimum Gasteiger partial charge on any atom is -0.497 e. The number of rotatable bonds is 2. The summed E-state index contributed by atoms with van der Waals surface area (Å²) in [5.74, 6) is 0.673. The Morgan fingerprint density at radius 3 is 2.09 bits per heavy atom. The van der Waals surface area contributed by atoms with Crippen LogP contribution in [0.4, 0.5) is 0 Å². The van der Waals surface area contributed by atoms with E-state index in [-0.39, 0.29) is 0 Å². The number of benzene rings is 1. The average molecular weight is 266 g/mol. The van der Waals surface area contributed by atoms with Gasteiger partial charge in [-0.15, -0.1) is 0 Å². The fourth-order valence-corrected chi connectivity index (χ4v) is 1.62. The Balaban J connectivity index is 3.01. The summed E-state index contributed by atoms with van der Waals surface area (Å²) in [7, 11) is 1.54. The Hall–Kier alpha value is -0.650. The maximum absolute atomic E-state index is 10.5. The molecule has 0 aliphatic carbocycles. The highest BCUT2D eigenvalue weighted by molar-refractivity contribution is 14.2. The van der Waals surface area contributed by atoms with E-state index in [0.29, 0.717) is 9.32 Å². The first-order chi connectivity index (χ1) is 5.24. The van der Waals surface area contributed by atoms with Crippen LogP contribution in [0.5, 0.6) is 5.75 Å². The molecule has 0 radical (unpaired) electrons. The molecular formula is C7H7IO3. The van der Waals surface area contributed by atoms with Crippen molar-refractivity contribution in [2.24, 2.45) is 0 Å². The van der Waals surface area contributed by atoms with Crippen molar-refractivity contribution in [1.82, 2.24) is 0 Å². The summed E-state index contributed by atoms with van der Waals surface area (Å²) in [4.78, 5) is 0. The van der Waals surface area contributed by atoms with Gasteiger partial charge in [-0.1, -0.05) is 0 Å². The molecule has 0 spiro atoms. The van der Waals surface area contributed by atoms with Crippen molar-refractivity contribution in [3.05, 3.63) is 27.8 Å². The molecule has 0 aliphatic rings. The van der Waals surface area contributed by atoms with Crippen LogP contribution in [0.3, 0.4) is 0 Å². The number of methoxy groups -OCH3 is 1. The zero-order valence-corrected chi connectivity index (χ0v) is 8.07. The summed E-state index contributed by atoms with van der Waals surface area (Å²) in [5.41, 5.74) is 0. The van der Waals surface area contributed by atoms with Gasteiger partial charge in [-0.25, -0.2) is 6.14 Å². The lowest BCUT2D eigenvalue weighted by atomic mass is 10.3. The number of halogens is 1. The van der Waals surface area contributed by atoms with E-state index in [1.54, 1.807) is 31.4 Å². The minimum absolute atomic E-state index is 0.398. The SMILES string of the molecule is COc1ccc(I(=O)=O)cc1. The van der Waals surface area contributed by atoms with Gasteiger partial charge in [0, 0.05) is 0 Å². The normalized spacial score (nSPS) is 10.0.